The van der Waals surface area contributed by atoms with E-state index in [4.69, 9.17) is 4.74 Å². The summed E-state index contributed by atoms with van der Waals surface area (Å²) in [5.74, 6) is 0.945. The summed E-state index contributed by atoms with van der Waals surface area (Å²) >= 11 is 0. The quantitative estimate of drug-likeness (QED) is 0.840. The van der Waals surface area contributed by atoms with Crippen molar-refractivity contribution >= 4 is 11.9 Å². The maximum Gasteiger partial charge on any atom is 0.410 e. The Morgan fingerprint density at radius 2 is 1.86 bits per heavy atom. The van der Waals surface area contributed by atoms with Crippen LogP contribution < -0.4 is 4.90 Å². The van der Waals surface area contributed by atoms with Crippen molar-refractivity contribution in [3.8, 4) is 0 Å². The second-order valence-electron chi connectivity index (χ2n) is 6.77. The molecule has 1 aromatic heterocycles. The molecular formula is C16H26N4O2. The summed E-state index contributed by atoms with van der Waals surface area (Å²) < 4.78 is 5.43. The molecule has 0 atom stereocenters. The minimum absolute atomic E-state index is 0.211. The van der Waals surface area contributed by atoms with Gasteiger partial charge in [0, 0.05) is 38.6 Å². The zero-order valence-electron chi connectivity index (χ0n) is 14.2. The molecule has 0 unspecified atom stereocenters. The lowest BCUT2D eigenvalue weighted by Gasteiger charge is -2.37. The molecule has 6 heteroatoms. The van der Waals surface area contributed by atoms with Gasteiger partial charge in [-0.1, -0.05) is 0 Å². The molecule has 0 bridgehead atoms. The van der Waals surface area contributed by atoms with Crippen molar-refractivity contribution in [2.75, 3.05) is 25.0 Å². The predicted molar refractivity (Wildman–Crippen MR) is 86.0 cm³/mol. The van der Waals surface area contributed by atoms with Crippen LogP contribution in [-0.4, -0.2) is 52.7 Å². The monoisotopic (exact) mass is 306 g/mol. The third-order valence-electron chi connectivity index (χ3n) is 3.85. The molecule has 1 saturated heterocycles. The first-order chi connectivity index (χ1) is 10.3. The summed E-state index contributed by atoms with van der Waals surface area (Å²) in [7, 11) is 1.82. The molecule has 0 N–H and O–H groups in total. The van der Waals surface area contributed by atoms with Crippen molar-refractivity contribution in [1.29, 1.82) is 0 Å². The van der Waals surface area contributed by atoms with E-state index in [0.29, 0.717) is 0 Å². The Bertz CT molecular complexity index is 519. The number of hydrogen-bond donors (Lipinski definition) is 0. The maximum atomic E-state index is 12.1. The van der Waals surface area contributed by atoms with Crippen LogP contribution in [0.25, 0.3) is 0 Å². The first-order valence-corrected chi connectivity index (χ1v) is 7.76. The fourth-order valence-electron chi connectivity index (χ4n) is 2.66. The molecule has 0 spiro atoms. The summed E-state index contributed by atoms with van der Waals surface area (Å²) in [5, 5.41) is 0. The van der Waals surface area contributed by atoms with E-state index >= 15 is 0 Å². The van der Waals surface area contributed by atoms with Gasteiger partial charge >= 0.3 is 6.09 Å². The van der Waals surface area contributed by atoms with Gasteiger partial charge in [0.15, 0.2) is 0 Å². The van der Waals surface area contributed by atoms with E-state index in [1.165, 1.54) is 0 Å². The van der Waals surface area contributed by atoms with Crippen molar-refractivity contribution in [2.45, 2.75) is 52.2 Å². The second-order valence-corrected chi connectivity index (χ2v) is 6.77. The summed E-state index contributed by atoms with van der Waals surface area (Å²) in [6, 6.07) is 0.211. The molecule has 1 aliphatic heterocycles. The number of aromatic nitrogens is 2. The summed E-state index contributed by atoms with van der Waals surface area (Å²) in [5.41, 5.74) is 0.490. The smallest absolute Gasteiger partial charge is 0.410 e. The fourth-order valence-corrected chi connectivity index (χ4v) is 2.66. The number of piperidine rings is 1. The number of carbonyl (C=O) groups excluding carboxylic acids is 1. The minimum Gasteiger partial charge on any atom is -0.444 e. The van der Waals surface area contributed by atoms with Gasteiger partial charge in [-0.15, -0.1) is 0 Å². The van der Waals surface area contributed by atoms with E-state index in [2.05, 4.69) is 14.9 Å². The summed E-state index contributed by atoms with van der Waals surface area (Å²) in [6.45, 7) is 9.38. The van der Waals surface area contributed by atoms with Crippen molar-refractivity contribution in [3.05, 3.63) is 18.1 Å². The van der Waals surface area contributed by atoms with E-state index in [1.807, 2.05) is 34.7 Å². The van der Waals surface area contributed by atoms with Gasteiger partial charge in [0.25, 0.3) is 0 Å². The molecular weight excluding hydrogens is 280 g/mol. The average Bonchev–Trinajstić information content (AvgIpc) is 2.45. The highest BCUT2D eigenvalue weighted by Crippen LogP contribution is 2.23. The highest BCUT2D eigenvalue weighted by Gasteiger charge is 2.29. The van der Waals surface area contributed by atoms with Gasteiger partial charge in [0.1, 0.15) is 11.4 Å². The molecule has 1 fully saturated rings. The fraction of sp³-hybridized carbons (Fsp3) is 0.688. The van der Waals surface area contributed by atoms with Crippen molar-refractivity contribution in [3.63, 3.8) is 0 Å². The molecule has 122 valence electrons. The van der Waals surface area contributed by atoms with Crippen LogP contribution in [-0.2, 0) is 4.74 Å². The van der Waals surface area contributed by atoms with Crippen molar-refractivity contribution in [2.24, 2.45) is 0 Å². The van der Waals surface area contributed by atoms with Gasteiger partial charge in [-0.2, -0.15) is 0 Å². The zero-order chi connectivity index (χ0) is 16.3. The lowest BCUT2D eigenvalue weighted by molar-refractivity contribution is 0.0201. The van der Waals surface area contributed by atoms with Gasteiger partial charge in [-0.05, 0) is 40.5 Å². The first-order valence-electron chi connectivity index (χ1n) is 7.76. The molecule has 2 heterocycles. The molecule has 0 aliphatic carbocycles. The van der Waals surface area contributed by atoms with Gasteiger partial charge in [0.05, 0.1) is 5.69 Å². The SMILES string of the molecule is Cc1nccnc1N1CCC(N(C)C(=O)OC(C)(C)C)CC1. The Kier molecular flexibility index (Phi) is 4.88. The molecule has 1 amide bonds. The molecule has 0 radical (unpaired) electrons. The largest absolute Gasteiger partial charge is 0.444 e. The third kappa shape index (κ3) is 4.08. The number of hydrogen-bond acceptors (Lipinski definition) is 5. The summed E-state index contributed by atoms with van der Waals surface area (Å²) in [4.78, 5) is 24.8. The molecule has 0 saturated carbocycles. The molecule has 0 aromatic carbocycles. The van der Waals surface area contributed by atoms with Gasteiger partial charge < -0.3 is 14.5 Å². The van der Waals surface area contributed by atoms with Crippen LogP contribution in [0.5, 0.6) is 0 Å². The topological polar surface area (TPSA) is 58.6 Å². The van der Waals surface area contributed by atoms with Crippen LogP contribution in [0.3, 0.4) is 0 Å². The molecule has 2 rings (SSSR count). The lowest BCUT2D eigenvalue weighted by atomic mass is 10.0. The van der Waals surface area contributed by atoms with E-state index in [1.54, 1.807) is 17.3 Å². The summed E-state index contributed by atoms with van der Waals surface area (Å²) in [6.07, 6.45) is 5.00. The molecule has 1 aliphatic rings. The Labute approximate surface area is 132 Å². The van der Waals surface area contributed by atoms with Crippen molar-refractivity contribution < 1.29 is 9.53 Å². The standard InChI is InChI=1S/C16H26N4O2/c1-12-14(18-9-8-17-12)20-10-6-13(7-11-20)19(5)15(21)22-16(2,3)4/h8-9,13H,6-7,10-11H2,1-5H3. The van der Waals surface area contributed by atoms with E-state index in [9.17, 15) is 4.79 Å². The molecule has 6 nitrogen and oxygen atoms in total. The van der Waals surface area contributed by atoms with Crippen LogP contribution in [0.2, 0.25) is 0 Å². The lowest BCUT2D eigenvalue weighted by Crippen LogP contribution is -2.47. The van der Waals surface area contributed by atoms with E-state index in [-0.39, 0.29) is 12.1 Å². The Morgan fingerprint density at radius 1 is 1.27 bits per heavy atom. The molecule has 22 heavy (non-hydrogen) atoms. The normalized spacial score (nSPS) is 16.5. The number of nitrogens with zero attached hydrogens (tertiary/aromatic N) is 4. The van der Waals surface area contributed by atoms with Gasteiger partial charge in [0.2, 0.25) is 0 Å². The Hall–Kier alpha value is -1.85. The van der Waals surface area contributed by atoms with Crippen LogP contribution in [0, 0.1) is 6.92 Å². The van der Waals surface area contributed by atoms with Crippen LogP contribution in [0.15, 0.2) is 12.4 Å². The number of rotatable bonds is 2. The first kappa shape index (κ1) is 16.5. The van der Waals surface area contributed by atoms with Crippen LogP contribution in [0.1, 0.15) is 39.3 Å². The van der Waals surface area contributed by atoms with Gasteiger partial charge in [-0.25, -0.2) is 9.78 Å². The predicted octanol–water partition coefficient (Wildman–Crippen LogP) is 2.62. The number of amides is 1. The number of aryl methyl sites for hydroxylation is 1. The highest BCUT2D eigenvalue weighted by atomic mass is 16.6. The van der Waals surface area contributed by atoms with E-state index in [0.717, 1.165) is 37.4 Å². The van der Waals surface area contributed by atoms with Crippen LogP contribution in [0.4, 0.5) is 10.6 Å². The van der Waals surface area contributed by atoms with Crippen molar-refractivity contribution in [1.82, 2.24) is 14.9 Å². The maximum absolute atomic E-state index is 12.1. The minimum atomic E-state index is -0.456. The average molecular weight is 306 g/mol. The Morgan fingerprint density at radius 3 is 2.41 bits per heavy atom. The number of ether oxygens (including phenoxy) is 1. The van der Waals surface area contributed by atoms with E-state index < -0.39 is 5.60 Å². The second kappa shape index (κ2) is 6.50. The van der Waals surface area contributed by atoms with Crippen LogP contribution >= 0.6 is 0 Å². The Balaban J connectivity index is 1.92. The number of carbonyl (C=O) groups is 1. The molecule has 1 aromatic rings. The van der Waals surface area contributed by atoms with Gasteiger partial charge in [-0.3, -0.25) is 4.98 Å². The number of anilines is 1. The highest BCUT2D eigenvalue weighted by molar-refractivity contribution is 5.68. The zero-order valence-corrected chi connectivity index (χ0v) is 14.2. The third-order valence-corrected chi connectivity index (χ3v) is 3.85.